The van der Waals surface area contributed by atoms with Crippen LogP contribution in [0, 0.1) is 0 Å². The largest absolute Gasteiger partial charge is 1.00 e. The fourth-order valence-corrected chi connectivity index (χ4v) is 7.79. The summed E-state index contributed by atoms with van der Waals surface area (Å²) in [6.45, 7) is 0. The van der Waals surface area contributed by atoms with Crippen molar-refractivity contribution in [1.29, 1.82) is 0 Å². The summed E-state index contributed by atoms with van der Waals surface area (Å²) < 4.78 is 0.725. The number of fused-ring (bicyclic) bond motifs is 1. The van der Waals surface area contributed by atoms with Gasteiger partial charge in [0.2, 0.25) is 0 Å². The first-order valence-electron chi connectivity index (χ1n) is 11.2. The predicted octanol–water partition coefficient (Wildman–Crippen LogP) is -1.89. The summed E-state index contributed by atoms with van der Waals surface area (Å²) in [7, 11) is 1.27. The van der Waals surface area contributed by atoms with Gasteiger partial charge in [-0.05, 0) is 29.8 Å². The van der Waals surface area contributed by atoms with Gasteiger partial charge in [0, 0.05) is 27.8 Å². The number of aromatic nitrogens is 2. The number of carboxylic acids is 1. The summed E-state index contributed by atoms with van der Waals surface area (Å²) in [4.78, 5) is 52.5. The Morgan fingerprint density at radius 3 is 2.67 bits per heavy atom. The van der Waals surface area contributed by atoms with Crippen LogP contribution in [-0.4, -0.2) is 73.5 Å². The van der Waals surface area contributed by atoms with E-state index in [1.807, 2.05) is 5.38 Å². The second-order valence-electron chi connectivity index (χ2n) is 8.13. The van der Waals surface area contributed by atoms with Gasteiger partial charge in [0.25, 0.3) is 11.8 Å². The number of thioether (sulfide) groups is 2. The minimum atomic E-state index is -1.46. The molecule has 202 valence electrons. The summed E-state index contributed by atoms with van der Waals surface area (Å²) in [5.74, 6) is -1.95. The molecule has 3 aromatic rings. The smallest absolute Gasteiger partial charge is 0.543 e. The van der Waals surface area contributed by atoms with E-state index in [-0.39, 0.29) is 57.5 Å². The molecule has 1 saturated heterocycles. The average Bonchev–Trinajstić information content (AvgIpc) is 3.57. The molecule has 2 aliphatic heterocycles. The number of carbonyl (C=O) groups excluding carboxylic acids is 3. The number of hydrogen-bond donors (Lipinski definition) is 3. The third kappa shape index (κ3) is 6.17. The molecule has 0 saturated carbocycles. The number of β-lactam (4-membered cyclic amide) rings is 1. The van der Waals surface area contributed by atoms with Gasteiger partial charge in [0.05, 0.1) is 17.4 Å². The number of carboxylic acid groups (broad SMARTS) is 1. The molecule has 12 nitrogen and oxygen atoms in total. The molecule has 0 radical (unpaired) electrons. The number of carbonyl (C=O) groups is 3. The third-order valence-corrected chi connectivity index (χ3v) is 9.83. The second kappa shape index (κ2) is 12.9. The molecule has 2 aliphatic rings. The first kappa shape index (κ1) is 30.4. The van der Waals surface area contributed by atoms with Crippen LogP contribution in [0.2, 0.25) is 0 Å². The molecule has 17 heteroatoms. The number of nitrogens with zero attached hydrogens (tertiary/aromatic N) is 4. The Bertz CT molecular complexity index is 1510. The van der Waals surface area contributed by atoms with Gasteiger partial charge in [-0.3, -0.25) is 14.5 Å². The Kier molecular flexibility index (Phi) is 9.81. The molecule has 4 N–H and O–H groups in total. The van der Waals surface area contributed by atoms with E-state index in [0.717, 1.165) is 31.8 Å². The second-order valence-corrected chi connectivity index (χ2v) is 12.2. The minimum Gasteiger partial charge on any atom is -0.543 e. The number of nitrogen functional groups attached to an aromatic ring is 1. The van der Waals surface area contributed by atoms with Crippen LogP contribution in [0.5, 0.6) is 5.75 Å². The van der Waals surface area contributed by atoms with E-state index in [1.165, 1.54) is 47.4 Å². The Labute approximate surface area is 266 Å². The Morgan fingerprint density at radius 2 is 2.02 bits per heavy atom. The van der Waals surface area contributed by atoms with Crippen LogP contribution >= 0.6 is 46.2 Å². The molecule has 2 aromatic heterocycles. The van der Waals surface area contributed by atoms with E-state index < -0.39 is 29.2 Å². The van der Waals surface area contributed by atoms with Gasteiger partial charge < -0.3 is 30.9 Å². The molecular weight excluding hydrogens is 608 g/mol. The number of benzene rings is 1. The molecule has 1 aromatic carbocycles. The van der Waals surface area contributed by atoms with Gasteiger partial charge in [0.1, 0.15) is 30.0 Å². The van der Waals surface area contributed by atoms with E-state index in [4.69, 9.17) is 10.6 Å². The topological polar surface area (TPSA) is 183 Å². The number of aliphatic carboxylic acids is 1. The van der Waals surface area contributed by atoms with Crippen molar-refractivity contribution in [2.75, 3.05) is 24.3 Å². The fourth-order valence-electron chi connectivity index (χ4n) is 3.92. The Hall–Kier alpha value is -2.60. The van der Waals surface area contributed by atoms with Gasteiger partial charge in [-0.1, -0.05) is 16.9 Å². The number of hydrogen-bond acceptors (Lipinski definition) is 14. The van der Waals surface area contributed by atoms with Crippen molar-refractivity contribution in [3.05, 3.63) is 52.0 Å². The maximum Gasteiger partial charge on any atom is 1.00 e. The van der Waals surface area contributed by atoms with Crippen molar-refractivity contribution in [3.63, 3.8) is 0 Å². The van der Waals surface area contributed by atoms with Crippen molar-refractivity contribution in [1.82, 2.24) is 20.2 Å². The zero-order valence-corrected chi connectivity index (χ0v) is 26.3. The quantitative estimate of drug-likeness (QED) is 0.0793. The molecule has 5 rings (SSSR count). The van der Waals surface area contributed by atoms with E-state index in [9.17, 15) is 24.6 Å². The number of nitrogens with one attached hydrogen (secondary N) is 1. The maximum absolute atomic E-state index is 13.0. The normalized spacial score (nSPS) is 18.5. The van der Waals surface area contributed by atoms with Crippen molar-refractivity contribution in [3.8, 4) is 17.0 Å². The third-order valence-electron chi connectivity index (χ3n) is 5.71. The number of oxime groups is 1. The molecule has 1 fully saturated rings. The predicted molar refractivity (Wildman–Crippen MR) is 147 cm³/mol. The van der Waals surface area contributed by atoms with Crippen LogP contribution in [0.3, 0.4) is 0 Å². The average molecular weight is 627 g/mol. The summed E-state index contributed by atoms with van der Waals surface area (Å²) in [6.07, 6.45) is 0. The SMILES string of the molecule is CON=C(C(=O)N[C@@H]1C(=O)N2C(C(=O)[O-])=C(CSc3nc(-c4ccc(O)cc4)cs3)CS[C@@H]12)c1csc(N)n1.[Na+]. The Balaban J connectivity index is 0.00000370. The molecular formula is C23H19N6NaO6S4. The van der Waals surface area contributed by atoms with E-state index >= 15 is 0 Å². The molecule has 0 spiro atoms. The Morgan fingerprint density at radius 1 is 1.27 bits per heavy atom. The van der Waals surface area contributed by atoms with Crippen LogP contribution in [0.15, 0.2) is 55.8 Å². The van der Waals surface area contributed by atoms with Gasteiger partial charge in [0.15, 0.2) is 15.2 Å². The molecule has 2 amide bonds. The fraction of sp³-hybridized carbons (Fsp3) is 0.217. The summed E-state index contributed by atoms with van der Waals surface area (Å²) in [6, 6.07) is 5.71. The van der Waals surface area contributed by atoms with E-state index in [1.54, 1.807) is 24.3 Å². The summed E-state index contributed by atoms with van der Waals surface area (Å²) in [5, 5.41) is 30.9. The number of rotatable bonds is 9. The van der Waals surface area contributed by atoms with Gasteiger partial charge >= 0.3 is 29.6 Å². The summed E-state index contributed by atoms with van der Waals surface area (Å²) >= 11 is 5.23. The van der Waals surface area contributed by atoms with Crippen LogP contribution < -0.4 is 45.7 Å². The number of anilines is 1. The van der Waals surface area contributed by atoms with Crippen molar-refractivity contribution in [2.24, 2.45) is 5.16 Å². The maximum atomic E-state index is 13.0. The number of phenols is 1. The first-order valence-corrected chi connectivity index (χ1v) is 15.0. The zero-order valence-electron chi connectivity index (χ0n) is 21.0. The van der Waals surface area contributed by atoms with Crippen LogP contribution in [0.4, 0.5) is 5.13 Å². The van der Waals surface area contributed by atoms with Gasteiger partial charge in [-0.25, -0.2) is 9.97 Å². The molecule has 4 heterocycles. The van der Waals surface area contributed by atoms with Gasteiger partial charge in [-0.15, -0.1) is 34.4 Å². The number of aromatic hydroxyl groups is 1. The standard InChI is InChI=1S/C23H20N6O6S4.Na/c1-35-28-15(14-9-37-22(24)25-14)18(31)27-16-19(32)29-17(21(33)34)11(6-36-20(16)29)7-38-23-26-13(8-39-23)10-2-4-12(30)5-3-10;/h2-5,8-9,16,20,30H,6-7H2,1H3,(H2,24,25)(H,27,31)(H,33,34);/q;+1/p-1/t16-,20+;/m1./s1. The van der Waals surface area contributed by atoms with Crippen LogP contribution in [-0.2, 0) is 19.2 Å². The van der Waals surface area contributed by atoms with Gasteiger partial charge in [-0.2, -0.15) is 0 Å². The van der Waals surface area contributed by atoms with Crippen molar-refractivity contribution in [2.45, 2.75) is 15.8 Å². The molecule has 2 atom stereocenters. The van der Waals surface area contributed by atoms with Crippen molar-refractivity contribution < 1.29 is 59.0 Å². The van der Waals surface area contributed by atoms with Crippen LogP contribution in [0.25, 0.3) is 11.3 Å². The molecule has 0 unspecified atom stereocenters. The summed E-state index contributed by atoms with van der Waals surface area (Å²) in [5.41, 5.74) is 7.62. The number of thiazole rings is 2. The monoisotopic (exact) mass is 626 g/mol. The minimum absolute atomic E-state index is 0. The number of nitrogens with two attached hydrogens (primary N) is 1. The number of phenolic OH excluding ortho intramolecular Hbond substituents is 1. The van der Waals surface area contributed by atoms with E-state index in [0.29, 0.717) is 17.1 Å². The molecule has 0 aliphatic carbocycles. The zero-order chi connectivity index (χ0) is 27.7. The first-order chi connectivity index (χ1) is 18.8. The van der Waals surface area contributed by atoms with E-state index in [2.05, 4.69) is 20.4 Å². The number of amides is 2. The van der Waals surface area contributed by atoms with Crippen molar-refractivity contribution >= 4 is 74.8 Å². The molecule has 0 bridgehead atoms. The molecule has 40 heavy (non-hydrogen) atoms. The van der Waals surface area contributed by atoms with Crippen LogP contribution in [0.1, 0.15) is 5.69 Å².